The standard InChI is InChI=1S/C18H26N2/c1-4-14-5-9-16(10-6-14)20-17-11-7-15(8-12-17)18(2,3)13-19/h7-8,11-12,14,16,20H,4-6,9-10H2,1-3H3. The minimum atomic E-state index is -0.405. The van der Waals surface area contributed by atoms with Crippen LogP contribution in [0.4, 0.5) is 5.69 Å². The smallest absolute Gasteiger partial charge is 0.0766 e. The van der Waals surface area contributed by atoms with Gasteiger partial charge in [-0.3, -0.25) is 0 Å². The van der Waals surface area contributed by atoms with Crippen LogP contribution in [-0.2, 0) is 5.41 Å². The Morgan fingerprint density at radius 1 is 1.15 bits per heavy atom. The molecular weight excluding hydrogens is 244 g/mol. The summed E-state index contributed by atoms with van der Waals surface area (Å²) in [5.74, 6) is 0.937. The first-order valence-electron chi connectivity index (χ1n) is 7.83. The number of nitrogens with one attached hydrogen (secondary N) is 1. The van der Waals surface area contributed by atoms with Crippen molar-refractivity contribution < 1.29 is 0 Å². The first kappa shape index (κ1) is 14.9. The molecule has 0 saturated heterocycles. The van der Waals surface area contributed by atoms with Crippen LogP contribution in [0.5, 0.6) is 0 Å². The van der Waals surface area contributed by atoms with Crippen molar-refractivity contribution in [1.29, 1.82) is 5.26 Å². The van der Waals surface area contributed by atoms with E-state index in [4.69, 9.17) is 5.26 Å². The monoisotopic (exact) mass is 270 g/mol. The van der Waals surface area contributed by atoms with Gasteiger partial charge in [0.05, 0.1) is 11.5 Å². The summed E-state index contributed by atoms with van der Waals surface area (Å²) in [5, 5.41) is 12.8. The second kappa shape index (κ2) is 6.31. The predicted molar refractivity (Wildman–Crippen MR) is 84.7 cm³/mol. The Labute approximate surface area is 123 Å². The van der Waals surface area contributed by atoms with Crippen LogP contribution in [-0.4, -0.2) is 6.04 Å². The lowest BCUT2D eigenvalue weighted by molar-refractivity contribution is 0.330. The van der Waals surface area contributed by atoms with Gasteiger partial charge in [0, 0.05) is 11.7 Å². The molecule has 2 rings (SSSR count). The Balaban J connectivity index is 1.93. The lowest BCUT2D eigenvalue weighted by atomic mass is 9.84. The van der Waals surface area contributed by atoms with E-state index in [9.17, 15) is 0 Å². The Morgan fingerprint density at radius 2 is 1.75 bits per heavy atom. The second-order valence-electron chi connectivity index (χ2n) is 6.58. The van der Waals surface area contributed by atoms with Crippen molar-refractivity contribution in [3.63, 3.8) is 0 Å². The van der Waals surface area contributed by atoms with Crippen LogP contribution >= 0.6 is 0 Å². The lowest BCUT2D eigenvalue weighted by Gasteiger charge is -2.29. The number of rotatable bonds is 4. The summed E-state index contributed by atoms with van der Waals surface area (Å²) in [6, 6.07) is 11.3. The van der Waals surface area contributed by atoms with Gasteiger partial charge < -0.3 is 5.32 Å². The van der Waals surface area contributed by atoms with Gasteiger partial charge >= 0.3 is 0 Å². The third-order valence-electron chi connectivity index (χ3n) is 4.68. The molecule has 0 radical (unpaired) electrons. The summed E-state index contributed by atoms with van der Waals surface area (Å²) in [5.41, 5.74) is 1.86. The molecule has 0 unspecified atom stereocenters. The average molecular weight is 270 g/mol. The van der Waals surface area contributed by atoms with Gasteiger partial charge in [0.25, 0.3) is 0 Å². The summed E-state index contributed by atoms with van der Waals surface area (Å²) < 4.78 is 0. The summed E-state index contributed by atoms with van der Waals surface area (Å²) in [6.07, 6.45) is 6.60. The molecule has 1 aromatic rings. The third kappa shape index (κ3) is 3.54. The second-order valence-corrected chi connectivity index (χ2v) is 6.58. The van der Waals surface area contributed by atoms with Crippen LogP contribution < -0.4 is 5.32 Å². The summed E-state index contributed by atoms with van der Waals surface area (Å²) in [4.78, 5) is 0. The SMILES string of the molecule is CCC1CCC(Nc2ccc(C(C)(C)C#N)cc2)CC1. The van der Waals surface area contributed by atoms with Gasteiger partial charge in [-0.25, -0.2) is 0 Å². The Kier molecular flexibility index (Phi) is 4.70. The van der Waals surface area contributed by atoms with Gasteiger partial charge in [0.15, 0.2) is 0 Å². The first-order valence-corrected chi connectivity index (χ1v) is 7.83. The van der Waals surface area contributed by atoms with Crippen LogP contribution in [0.25, 0.3) is 0 Å². The molecule has 20 heavy (non-hydrogen) atoms. The zero-order valence-corrected chi connectivity index (χ0v) is 12.9. The highest BCUT2D eigenvalue weighted by Gasteiger charge is 2.21. The molecule has 0 heterocycles. The van der Waals surface area contributed by atoms with Crippen molar-refractivity contribution in [2.75, 3.05) is 5.32 Å². The van der Waals surface area contributed by atoms with Crippen molar-refractivity contribution in [3.05, 3.63) is 29.8 Å². The first-order chi connectivity index (χ1) is 9.55. The summed E-state index contributed by atoms with van der Waals surface area (Å²) in [7, 11) is 0. The minimum absolute atomic E-state index is 0.405. The molecule has 1 fully saturated rings. The van der Waals surface area contributed by atoms with Crippen LogP contribution in [0.15, 0.2) is 24.3 Å². The van der Waals surface area contributed by atoms with Crippen molar-refractivity contribution in [1.82, 2.24) is 0 Å². The molecule has 1 aliphatic rings. The number of hydrogen-bond donors (Lipinski definition) is 1. The molecule has 0 aliphatic heterocycles. The van der Waals surface area contributed by atoms with E-state index in [0.717, 1.165) is 11.5 Å². The maximum Gasteiger partial charge on any atom is 0.0766 e. The maximum absolute atomic E-state index is 9.16. The maximum atomic E-state index is 9.16. The van der Waals surface area contributed by atoms with E-state index in [2.05, 4.69) is 42.6 Å². The van der Waals surface area contributed by atoms with E-state index in [-0.39, 0.29) is 0 Å². The Morgan fingerprint density at radius 3 is 2.25 bits per heavy atom. The fraction of sp³-hybridized carbons (Fsp3) is 0.611. The summed E-state index contributed by atoms with van der Waals surface area (Å²) in [6.45, 7) is 6.22. The molecule has 1 saturated carbocycles. The zero-order valence-electron chi connectivity index (χ0n) is 12.9. The van der Waals surface area contributed by atoms with E-state index in [1.54, 1.807) is 0 Å². The van der Waals surface area contributed by atoms with Crippen LogP contribution in [0, 0.1) is 17.2 Å². The molecular formula is C18H26N2. The molecule has 0 aromatic heterocycles. The van der Waals surface area contributed by atoms with E-state index < -0.39 is 5.41 Å². The predicted octanol–water partition coefficient (Wildman–Crippen LogP) is 4.87. The Hall–Kier alpha value is -1.49. The van der Waals surface area contributed by atoms with Crippen LogP contribution in [0.1, 0.15) is 58.4 Å². The van der Waals surface area contributed by atoms with Gasteiger partial charge in [-0.05, 0) is 63.1 Å². The largest absolute Gasteiger partial charge is 0.382 e. The van der Waals surface area contributed by atoms with Gasteiger partial charge in [-0.15, -0.1) is 0 Å². The van der Waals surface area contributed by atoms with Gasteiger partial charge in [0.2, 0.25) is 0 Å². The summed E-state index contributed by atoms with van der Waals surface area (Å²) >= 11 is 0. The number of anilines is 1. The minimum Gasteiger partial charge on any atom is -0.382 e. The van der Waals surface area contributed by atoms with Gasteiger partial charge in [0.1, 0.15) is 0 Å². The molecule has 0 atom stereocenters. The molecule has 1 aromatic carbocycles. The highest BCUT2D eigenvalue weighted by atomic mass is 14.9. The third-order valence-corrected chi connectivity index (χ3v) is 4.68. The average Bonchev–Trinajstić information content (AvgIpc) is 2.48. The molecule has 0 amide bonds. The van der Waals surface area contributed by atoms with Crippen LogP contribution in [0.2, 0.25) is 0 Å². The van der Waals surface area contributed by atoms with Crippen LogP contribution in [0.3, 0.4) is 0 Å². The number of benzene rings is 1. The zero-order chi connectivity index (χ0) is 14.6. The van der Waals surface area contributed by atoms with E-state index in [1.165, 1.54) is 37.8 Å². The molecule has 1 N–H and O–H groups in total. The van der Waals surface area contributed by atoms with Crippen molar-refractivity contribution >= 4 is 5.69 Å². The van der Waals surface area contributed by atoms with Crippen molar-refractivity contribution in [2.24, 2.45) is 5.92 Å². The van der Waals surface area contributed by atoms with E-state index in [1.807, 2.05) is 13.8 Å². The molecule has 0 spiro atoms. The van der Waals surface area contributed by atoms with E-state index >= 15 is 0 Å². The van der Waals surface area contributed by atoms with Crippen molar-refractivity contribution in [2.45, 2.75) is 64.3 Å². The highest BCUT2D eigenvalue weighted by Crippen LogP contribution is 2.29. The quantitative estimate of drug-likeness (QED) is 0.847. The molecule has 2 heteroatoms. The fourth-order valence-electron chi connectivity index (χ4n) is 3.00. The molecule has 2 nitrogen and oxygen atoms in total. The highest BCUT2D eigenvalue weighted by molar-refractivity contribution is 5.47. The van der Waals surface area contributed by atoms with E-state index in [0.29, 0.717) is 6.04 Å². The molecule has 108 valence electrons. The lowest BCUT2D eigenvalue weighted by Crippen LogP contribution is -2.25. The Bertz CT molecular complexity index is 459. The fourth-order valence-corrected chi connectivity index (χ4v) is 3.00. The van der Waals surface area contributed by atoms with Gasteiger partial charge in [-0.1, -0.05) is 25.5 Å². The normalized spacial score (nSPS) is 23.1. The number of nitrogens with zero attached hydrogens (tertiary/aromatic N) is 1. The topological polar surface area (TPSA) is 35.8 Å². The van der Waals surface area contributed by atoms with Crippen molar-refractivity contribution in [3.8, 4) is 6.07 Å². The molecule has 0 bridgehead atoms. The van der Waals surface area contributed by atoms with Gasteiger partial charge in [-0.2, -0.15) is 5.26 Å². The number of nitriles is 1. The molecule has 1 aliphatic carbocycles. The number of hydrogen-bond acceptors (Lipinski definition) is 2.